The van der Waals surface area contributed by atoms with Crippen molar-refractivity contribution in [1.82, 2.24) is 9.55 Å². The first-order valence-corrected chi connectivity index (χ1v) is 8.00. The van der Waals surface area contributed by atoms with Crippen LogP contribution in [0.1, 0.15) is 22.5 Å². The summed E-state index contributed by atoms with van der Waals surface area (Å²) in [5, 5.41) is 10.6. The second kappa shape index (κ2) is 5.79. The zero-order chi connectivity index (χ0) is 16.7. The number of benzene rings is 2. The van der Waals surface area contributed by atoms with Crippen molar-refractivity contribution in [3.05, 3.63) is 81.4 Å². The summed E-state index contributed by atoms with van der Waals surface area (Å²) in [6.07, 6.45) is 1.65. The van der Waals surface area contributed by atoms with E-state index in [1.807, 2.05) is 47.0 Å². The Bertz CT molecular complexity index is 1010. The Morgan fingerprint density at radius 1 is 1.04 bits per heavy atom. The minimum atomic E-state index is 0.368. The van der Waals surface area contributed by atoms with Crippen LogP contribution in [0.3, 0.4) is 0 Å². The van der Waals surface area contributed by atoms with E-state index >= 15 is 0 Å². The molecule has 1 aromatic heterocycles. The second-order valence-electron chi connectivity index (χ2n) is 5.35. The van der Waals surface area contributed by atoms with E-state index in [1.54, 1.807) is 6.33 Å². The third-order valence-corrected chi connectivity index (χ3v) is 4.44. The maximum absolute atomic E-state index is 9.27. The van der Waals surface area contributed by atoms with Gasteiger partial charge in [-0.1, -0.05) is 35.3 Å². The molecule has 0 N–H and O–H groups in total. The first-order valence-electron chi connectivity index (χ1n) is 7.24. The summed E-state index contributed by atoms with van der Waals surface area (Å²) in [6, 6.07) is 15.3. The van der Waals surface area contributed by atoms with Gasteiger partial charge < -0.3 is 0 Å². The first-order chi connectivity index (χ1) is 11.7. The zero-order valence-electron chi connectivity index (χ0n) is 12.4. The number of imidazole rings is 1. The number of rotatable bonds is 1. The number of aliphatic imine (C=N–C) groups is 1. The molecule has 0 aliphatic carbocycles. The smallest absolute Gasteiger partial charge is 0.163 e. The molecule has 0 unspecified atom stereocenters. The van der Waals surface area contributed by atoms with Crippen LogP contribution >= 0.6 is 23.2 Å². The van der Waals surface area contributed by atoms with Gasteiger partial charge in [0, 0.05) is 21.2 Å². The fourth-order valence-electron chi connectivity index (χ4n) is 2.83. The summed E-state index contributed by atoms with van der Waals surface area (Å²) >= 11 is 12.2. The topological polar surface area (TPSA) is 54.0 Å². The molecule has 6 heteroatoms. The van der Waals surface area contributed by atoms with Gasteiger partial charge in [-0.05, 0) is 30.3 Å². The van der Waals surface area contributed by atoms with Crippen molar-refractivity contribution in [3.63, 3.8) is 0 Å². The molecule has 1 aliphatic rings. The number of nitrogens with zero attached hydrogens (tertiary/aromatic N) is 4. The molecule has 2 heterocycles. The summed E-state index contributed by atoms with van der Waals surface area (Å²) < 4.78 is 1.90. The molecule has 2 aromatic carbocycles. The molecule has 116 valence electrons. The van der Waals surface area contributed by atoms with Crippen molar-refractivity contribution in [1.29, 1.82) is 5.26 Å². The van der Waals surface area contributed by atoms with Crippen LogP contribution in [-0.4, -0.2) is 15.3 Å². The van der Waals surface area contributed by atoms with Gasteiger partial charge in [0.1, 0.15) is 12.4 Å². The molecular weight excluding hydrogens is 343 g/mol. The number of nitriles is 1. The summed E-state index contributed by atoms with van der Waals surface area (Å²) in [4.78, 5) is 8.90. The fourth-order valence-corrected chi connectivity index (χ4v) is 3.13. The van der Waals surface area contributed by atoms with Gasteiger partial charge in [-0.2, -0.15) is 5.26 Å². The van der Waals surface area contributed by atoms with Gasteiger partial charge in [0.05, 0.1) is 23.6 Å². The molecule has 0 fully saturated rings. The molecule has 0 saturated carbocycles. The number of hydrogen-bond acceptors (Lipinski definition) is 3. The van der Waals surface area contributed by atoms with Crippen molar-refractivity contribution in [3.8, 4) is 11.8 Å². The molecule has 1 aliphatic heterocycles. The molecule has 0 bridgehead atoms. The lowest BCUT2D eigenvalue weighted by atomic mass is 10.0. The Labute approximate surface area is 148 Å². The van der Waals surface area contributed by atoms with E-state index in [1.165, 1.54) is 0 Å². The van der Waals surface area contributed by atoms with E-state index in [0.717, 1.165) is 28.2 Å². The molecule has 3 aromatic rings. The SMILES string of the molecule is N#Cc1ncn2c1CN=C(c1ccc(Cl)cc1)c1cc(Cl)ccc1-2. The Hall–Kier alpha value is -2.61. The highest BCUT2D eigenvalue weighted by atomic mass is 35.5. The third-order valence-electron chi connectivity index (χ3n) is 3.95. The monoisotopic (exact) mass is 352 g/mol. The average molecular weight is 353 g/mol. The highest BCUT2D eigenvalue weighted by Crippen LogP contribution is 2.29. The van der Waals surface area contributed by atoms with Crippen LogP contribution in [-0.2, 0) is 6.54 Å². The molecular formula is C18H10Cl2N4. The molecule has 4 rings (SSSR count). The maximum Gasteiger partial charge on any atom is 0.163 e. The lowest BCUT2D eigenvalue weighted by Crippen LogP contribution is -2.06. The second-order valence-corrected chi connectivity index (χ2v) is 6.23. The first kappa shape index (κ1) is 14.9. The Kier molecular flexibility index (Phi) is 3.61. The predicted octanol–water partition coefficient (Wildman–Crippen LogP) is 4.40. The molecule has 0 spiro atoms. The van der Waals surface area contributed by atoms with Crippen LogP contribution in [0.15, 0.2) is 53.8 Å². The summed E-state index contributed by atoms with van der Waals surface area (Å²) in [7, 11) is 0. The Morgan fingerprint density at radius 3 is 2.54 bits per heavy atom. The molecule has 4 nitrogen and oxygen atoms in total. The quantitative estimate of drug-likeness (QED) is 0.651. The third kappa shape index (κ3) is 2.39. The van der Waals surface area contributed by atoms with Crippen molar-refractivity contribution in [2.45, 2.75) is 6.54 Å². The van der Waals surface area contributed by atoms with Crippen molar-refractivity contribution < 1.29 is 0 Å². The standard InChI is InChI=1S/C18H10Cl2N4/c19-12-3-1-11(2-4-12)18-14-7-13(20)5-6-16(14)24-10-23-15(8-21)17(24)9-22-18/h1-7,10H,9H2. The minimum absolute atomic E-state index is 0.368. The van der Waals surface area contributed by atoms with Gasteiger partial charge in [0.2, 0.25) is 0 Å². The van der Waals surface area contributed by atoms with Gasteiger partial charge in [-0.15, -0.1) is 0 Å². The van der Waals surface area contributed by atoms with Gasteiger partial charge in [0.25, 0.3) is 0 Å². The maximum atomic E-state index is 9.27. The van der Waals surface area contributed by atoms with Gasteiger partial charge in [-0.3, -0.25) is 9.56 Å². The summed E-state index contributed by atoms with van der Waals surface area (Å²) in [5.74, 6) is 0. The van der Waals surface area contributed by atoms with E-state index in [2.05, 4.69) is 11.1 Å². The van der Waals surface area contributed by atoms with Gasteiger partial charge in [0.15, 0.2) is 5.69 Å². The lowest BCUT2D eigenvalue weighted by molar-refractivity contribution is 0.920. The van der Waals surface area contributed by atoms with Crippen LogP contribution in [0.2, 0.25) is 10.0 Å². The summed E-state index contributed by atoms with van der Waals surface area (Å²) in [5.41, 5.74) is 4.71. The fraction of sp³-hybridized carbons (Fsp3) is 0.0556. The molecule has 0 radical (unpaired) electrons. The van der Waals surface area contributed by atoms with Crippen LogP contribution in [0, 0.1) is 11.3 Å². The van der Waals surface area contributed by atoms with Crippen molar-refractivity contribution in [2.75, 3.05) is 0 Å². The largest absolute Gasteiger partial charge is 0.299 e. The van der Waals surface area contributed by atoms with Crippen LogP contribution < -0.4 is 0 Å². The number of fused-ring (bicyclic) bond motifs is 3. The van der Waals surface area contributed by atoms with Gasteiger partial charge in [-0.25, -0.2) is 4.98 Å². The number of halogens is 2. The Balaban J connectivity index is 1.98. The van der Waals surface area contributed by atoms with E-state index in [4.69, 9.17) is 28.2 Å². The van der Waals surface area contributed by atoms with E-state index < -0.39 is 0 Å². The molecule has 24 heavy (non-hydrogen) atoms. The van der Waals surface area contributed by atoms with E-state index in [9.17, 15) is 5.26 Å². The molecule has 0 atom stereocenters. The molecule has 0 saturated heterocycles. The van der Waals surface area contributed by atoms with E-state index in [0.29, 0.717) is 22.3 Å². The zero-order valence-corrected chi connectivity index (χ0v) is 13.9. The van der Waals surface area contributed by atoms with Crippen LogP contribution in [0.4, 0.5) is 0 Å². The van der Waals surface area contributed by atoms with Crippen LogP contribution in [0.25, 0.3) is 5.69 Å². The average Bonchev–Trinajstić information content (AvgIpc) is 2.92. The summed E-state index contributed by atoms with van der Waals surface area (Å²) in [6.45, 7) is 0.368. The van der Waals surface area contributed by atoms with E-state index in [-0.39, 0.29) is 0 Å². The minimum Gasteiger partial charge on any atom is -0.299 e. The number of hydrogen-bond donors (Lipinski definition) is 0. The van der Waals surface area contributed by atoms with Crippen molar-refractivity contribution >= 4 is 28.9 Å². The van der Waals surface area contributed by atoms with Crippen molar-refractivity contribution in [2.24, 2.45) is 4.99 Å². The predicted molar refractivity (Wildman–Crippen MR) is 94.1 cm³/mol. The molecule has 0 amide bonds. The Morgan fingerprint density at radius 2 is 1.79 bits per heavy atom. The normalized spacial score (nSPS) is 12.6. The number of aromatic nitrogens is 2. The van der Waals surface area contributed by atoms with Crippen LogP contribution in [0.5, 0.6) is 0 Å². The highest BCUT2D eigenvalue weighted by molar-refractivity contribution is 6.32. The van der Waals surface area contributed by atoms with Gasteiger partial charge >= 0.3 is 0 Å². The lowest BCUT2D eigenvalue weighted by Gasteiger charge is -2.12. The highest BCUT2D eigenvalue weighted by Gasteiger charge is 2.21.